The van der Waals surface area contributed by atoms with Crippen molar-refractivity contribution in [1.29, 1.82) is 0 Å². The summed E-state index contributed by atoms with van der Waals surface area (Å²) < 4.78 is 5.83. The summed E-state index contributed by atoms with van der Waals surface area (Å²) in [6.45, 7) is 1.07. The van der Waals surface area contributed by atoms with Crippen molar-refractivity contribution in [3.05, 3.63) is 78.8 Å². The van der Waals surface area contributed by atoms with Gasteiger partial charge in [0.2, 0.25) is 5.91 Å². The lowest BCUT2D eigenvalue weighted by molar-refractivity contribution is -0.116. The molecule has 0 bridgehead atoms. The lowest BCUT2D eigenvalue weighted by Crippen LogP contribution is -2.16. The second kappa shape index (κ2) is 10.9. The number of benzene rings is 2. The number of anilines is 1. The first-order chi connectivity index (χ1) is 18.4. The van der Waals surface area contributed by atoms with Crippen molar-refractivity contribution in [1.82, 2.24) is 23.7 Å². The van der Waals surface area contributed by atoms with Gasteiger partial charge in [-0.15, -0.1) is 0 Å². The van der Waals surface area contributed by atoms with E-state index in [-0.39, 0.29) is 11.6 Å². The molecule has 38 heavy (non-hydrogen) atoms. The van der Waals surface area contributed by atoms with Crippen LogP contribution in [0.5, 0.6) is 0 Å². The number of aliphatic hydroxyl groups excluding tert-OH is 1. The Morgan fingerprint density at radius 3 is 2.76 bits per heavy atom. The van der Waals surface area contributed by atoms with E-state index in [1.807, 2.05) is 66.3 Å². The topological polar surface area (TPSA) is 133 Å². The Morgan fingerprint density at radius 2 is 1.97 bits per heavy atom. The molecule has 0 saturated heterocycles. The highest BCUT2D eigenvalue weighted by Gasteiger charge is 2.12. The summed E-state index contributed by atoms with van der Waals surface area (Å²) in [4.78, 5) is 32.5. The largest absolute Gasteiger partial charge is 0.391 e. The van der Waals surface area contributed by atoms with Crippen LogP contribution in [0.4, 0.5) is 5.69 Å². The normalized spacial score (nSPS) is 12.3. The molecule has 10 heteroatoms. The third kappa shape index (κ3) is 5.60. The highest BCUT2D eigenvalue weighted by Crippen LogP contribution is 2.22. The SMILES string of the molecule is Cn1c(CCC(=O)Nc2ccc3ccn(CCC[C@H](O)Cn4cnc(C(N)=O)c4)c3c2)nc2ccccc21. The number of nitrogens with two attached hydrogens (primary N) is 1. The zero-order valence-corrected chi connectivity index (χ0v) is 21.2. The number of aryl methyl sites for hydroxylation is 3. The average molecular weight is 514 g/mol. The van der Waals surface area contributed by atoms with Crippen molar-refractivity contribution in [3.63, 3.8) is 0 Å². The fourth-order valence-electron chi connectivity index (χ4n) is 4.74. The van der Waals surface area contributed by atoms with Crippen LogP contribution in [0.3, 0.4) is 0 Å². The van der Waals surface area contributed by atoms with Crippen molar-refractivity contribution in [2.75, 3.05) is 5.32 Å². The van der Waals surface area contributed by atoms with E-state index in [9.17, 15) is 14.7 Å². The van der Waals surface area contributed by atoms with E-state index in [4.69, 9.17) is 5.73 Å². The molecule has 5 aromatic rings. The summed E-state index contributed by atoms with van der Waals surface area (Å²) in [6, 6.07) is 15.9. The lowest BCUT2D eigenvalue weighted by Gasteiger charge is -2.12. The molecule has 3 aromatic heterocycles. The number of aliphatic hydroxyl groups is 1. The van der Waals surface area contributed by atoms with Crippen LogP contribution in [-0.2, 0) is 31.4 Å². The first-order valence-corrected chi connectivity index (χ1v) is 12.7. The van der Waals surface area contributed by atoms with Crippen molar-refractivity contribution in [2.24, 2.45) is 12.8 Å². The molecule has 0 radical (unpaired) electrons. The number of imidazole rings is 2. The Morgan fingerprint density at radius 1 is 1.13 bits per heavy atom. The Kier molecular flexibility index (Phi) is 7.23. The molecule has 0 aliphatic carbocycles. The molecule has 196 valence electrons. The van der Waals surface area contributed by atoms with E-state index in [1.54, 1.807) is 10.8 Å². The minimum atomic E-state index is -0.588. The maximum absolute atomic E-state index is 12.7. The summed E-state index contributed by atoms with van der Waals surface area (Å²) in [7, 11) is 1.97. The first-order valence-electron chi connectivity index (χ1n) is 12.7. The van der Waals surface area contributed by atoms with Gasteiger partial charge in [0.1, 0.15) is 11.5 Å². The Labute approximate surface area is 219 Å². The summed E-state index contributed by atoms with van der Waals surface area (Å²) in [5.41, 5.74) is 9.17. The van der Waals surface area contributed by atoms with Crippen LogP contribution in [0.1, 0.15) is 35.6 Å². The quantitative estimate of drug-likeness (QED) is 0.249. The van der Waals surface area contributed by atoms with Crippen LogP contribution >= 0.6 is 0 Å². The molecule has 4 N–H and O–H groups in total. The van der Waals surface area contributed by atoms with E-state index in [1.165, 1.54) is 6.33 Å². The van der Waals surface area contributed by atoms with Gasteiger partial charge in [-0.3, -0.25) is 9.59 Å². The molecule has 0 saturated carbocycles. The second-order valence-corrected chi connectivity index (χ2v) is 9.52. The molecule has 0 unspecified atom stereocenters. The number of carbonyl (C=O) groups is 2. The standard InChI is InChI=1S/C28H31N7O3/c1-33-24-7-3-2-6-22(24)32-26(33)10-11-27(37)31-20-9-8-19-12-14-35(25(19)15-20)13-4-5-21(36)16-34-17-23(28(29)38)30-18-34/h2-3,6-9,12,14-15,17-18,21,36H,4-5,10-11,13,16H2,1H3,(H2,29,38)(H,31,37)/t21-/m0/s1. The molecule has 10 nitrogen and oxygen atoms in total. The molecule has 0 fully saturated rings. The monoisotopic (exact) mass is 513 g/mol. The van der Waals surface area contributed by atoms with Gasteiger partial charge in [0.05, 0.1) is 29.0 Å². The van der Waals surface area contributed by atoms with Crippen LogP contribution in [0, 0.1) is 0 Å². The van der Waals surface area contributed by atoms with Crippen molar-refractivity contribution < 1.29 is 14.7 Å². The maximum atomic E-state index is 12.7. The van der Waals surface area contributed by atoms with Gasteiger partial charge in [-0.05, 0) is 48.6 Å². The van der Waals surface area contributed by atoms with E-state index in [0.717, 1.165) is 46.4 Å². The van der Waals surface area contributed by atoms with Crippen molar-refractivity contribution >= 4 is 39.4 Å². The molecule has 0 aliphatic heterocycles. The number of amides is 2. The first kappa shape index (κ1) is 25.2. The minimum Gasteiger partial charge on any atom is -0.391 e. The summed E-state index contributed by atoms with van der Waals surface area (Å²) in [5.74, 6) is 0.237. The van der Waals surface area contributed by atoms with E-state index >= 15 is 0 Å². The molecule has 2 aromatic carbocycles. The Hall–Kier alpha value is -4.44. The third-order valence-corrected chi connectivity index (χ3v) is 6.76. The smallest absolute Gasteiger partial charge is 0.268 e. The molecule has 1 atom stereocenters. The van der Waals surface area contributed by atoms with Gasteiger partial charge in [0, 0.05) is 51.1 Å². The van der Waals surface area contributed by atoms with Crippen LogP contribution in [0.25, 0.3) is 21.9 Å². The predicted octanol–water partition coefficient (Wildman–Crippen LogP) is 3.24. The second-order valence-electron chi connectivity index (χ2n) is 9.52. The van der Waals surface area contributed by atoms with Gasteiger partial charge in [-0.1, -0.05) is 18.2 Å². The van der Waals surface area contributed by atoms with Crippen LogP contribution in [-0.4, -0.2) is 46.7 Å². The molecule has 2 amide bonds. The number of rotatable bonds is 11. The maximum Gasteiger partial charge on any atom is 0.268 e. The number of nitrogens with one attached hydrogen (secondary N) is 1. The van der Waals surface area contributed by atoms with Crippen LogP contribution < -0.4 is 11.1 Å². The fraction of sp³-hybridized carbons (Fsp3) is 0.286. The van der Waals surface area contributed by atoms with Gasteiger partial charge in [0.15, 0.2) is 0 Å². The summed E-state index contributed by atoms with van der Waals surface area (Å²) >= 11 is 0. The number of hydrogen-bond acceptors (Lipinski definition) is 5. The van der Waals surface area contributed by atoms with E-state index < -0.39 is 12.0 Å². The van der Waals surface area contributed by atoms with E-state index in [0.29, 0.717) is 25.8 Å². The Bertz CT molecular complexity index is 1600. The van der Waals surface area contributed by atoms with Crippen molar-refractivity contribution in [2.45, 2.75) is 44.9 Å². The number of nitrogens with zero attached hydrogens (tertiary/aromatic N) is 5. The van der Waals surface area contributed by atoms with E-state index in [2.05, 4.69) is 19.9 Å². The molecule has 0 spiro atoms. The number of primary amides is 1. The molecular formula is C28H31N7O3. The Balaban J connectivity index is 1.15. The zero-order valence-electron chi connectivity index (χ0n) is 21.2. The summed E-state index contributed by atoms with van der Waals surface area (Å²) in [5, 5.41) is 14.5. The van der Waals surface area contributed by atoms with Gasteiger partial charge in [0.25, 0.3) is 5.91 Å². The number of carbonyl (C=O) groups excluding carboxylic acids is 2. The van der Waals surface area contributed by atoms with Crippen molar-refractivity contribution in [3.8, 4) is 0 Å². The van der Waals surface area contributed by atoms with Gasteiger partial charge in [-0.25, -0.2) is 9.97 Å². The van der Waals surface area contributed by atoms with Crippen LogP contribution in [0.15, 0.2) is 67.3 Å². The fourth-order valence-corrected chi connectivity index (χ4v) is 4.74. The number of para-hydroxylation sites is 2. The lowest BCUT2D eigenvalue weighted by atomic mass is 10.2. The third-order valence-electron chi connectivity index (χ3n) is 6.76. The van der Waals surface area contributed by atoms with Crippen LogP contribution in [0.2, 0.25) is 0 Å². The molecule has 5 rings (SSSR count). The number of hydrogen-bond donors (Lipinski definition) is 3. The number of fused-ring (bicyclic) bond motifs is 2. The average Bonchev–Trinajstić information content (AvgIpc) is 3.61. The van der Waals surface area contributed by atoms with Gasteiger partial charge >= 0.3 is 0 Å². The zero-order chi connectivity index (χ0) is 26.6. The van der Waals surface area contributed by atoms with Gasteiger partial charge in [-0.2, -0.15) is 0 Å². The predicted molar refractivity (Wildman–Crippen MR) is 146 cm³/mol. The molecule has 3 heterocycles. The molecular weight excluding hydrogens is 482 g/mol. The highest BCUT2D eigenvalue weighted by molar-refractivity contribution is 5.94. The summed E-state index contributed by atoms with van der Waals surface area (Å²) in [6.07, 6.45) is 6.73. The highest BCUT2D eigenvalue weighted by atomic mass is 16.3. The van der Waals surface area contributed by atoms with Gasteiger partial charge < -0.3 is 29.9 Å². The number of aromatic nitrogens is 5. The minimum absolute atomic E-state index is 0.0587. The molecule has 0 aliphatic rings.